The summed E-state index contributed by atoms with van der Waals surface area (Å²) in [4.78, 5) is 21.3. The van der Waals surface area contributed by atoms with Crippen molar-refractivity contribution in [1.29, 1.82) is 0 Å². The monoisotopic (exact) mass is 194 g/mol. The molecule has 0 atom stereocenters. The van der Waals surface area contributed by atoms with Gasteiger partial charge in [0, 0.05) is 18.5 Å². The number of rotatable bonds is 3. The molecule has 1 rings (SSSR count). The number of carbonyl (C=O) groups is 1. The molecule has 14 heavy (non-hydrogen) atoms. The Kier molecular flexibility index (Phi) is 3.42. The summed E-state index contributed by atoms with van der Waals surface area (Å²) >= 11 is 0. The molecule has 3 N–H and O–H groups in total. The van der Waals surface area contributed by atoms with E-state index in [1.165, 1.54) is 16.8 Å². The highest BCUT2D eigenvalue weighted by molar-refractivity contribution is 5.72. The molecule has 0 bridgehead atoms. The van der Waals surface area contributed by atoms with E-state index in [4.69, 9.17) is 5.73 Å². The summed E-state index contributed by atoms with van der Waals surface area (Å²) < 4.78 is 1.44. The molecule has 0 aliphatic carbocycles. The molecule has 2 amide bonds. The van der Waals surface area contributed by atoms with Crippen LogP contribution in [0.4, 0.5) is 4.79 Å². The Balaban J connectivity index is 2.54. The lowest BCUT2D eigenvalue weighted by atomic mass is 10.5. The Morgan fingerprint density at radius 1 is 1.64 bits per heavy atom. The van der Waals surface area contributed by atoms with Crippen LogP contribution in [-0.2, 0) is 6.54 Å². The minimum Gasteiger partial charge on any atom is -0.350 e. The smallest absolute Gasteiger partial charge is 0.332 e. The van der Waals surface area contributed by atoms with Crippen LogP contribution in [0.5, 0.6) is 0 Å². The SMILES string of the molecule is NC(=O)N/N=C/Cn1ccccc1=O. The Morgan fingerprint density at radius 3 is 3.07 bits per heavy atom. The number of pyridine rings is 1. The standard InChI is InChI=1S/C8H10N4O2/c9-8(14)11-10-4-6-12-5-2-1-3-7(12)13/h1-5H,6H2,(H3,9,11,14)/b10-4+. The maximum absolute atomic E-state index is 11.1. The third-order valence-electron chi connectivity index (χ3n) is 1.44. The molecule has 0 spiro atoms. The molecule has 0 aromatic carbocycles. The van der Waals surface area contributed by atoms with Gasteiger partial charge in [0.1, 0.15) is 0 Å². The molecular weight excluding hydrogens is 184 g/mol. The highest BCUT2D eigenvalue weighted by Crippen LogP contribution is 1.79. The number of primary amides is 1. The third kappa shape index (κ3) is 3.10. The first-order valence-corrected chi connectivity index (χ1v) is 3.92. The number of amides is 2. The van der Waals surface area contributed by atoms with Crippen molar-refractivity contribution < 1.29 is 4.79 Å². The zero-order valence-corrected chi connectivity index (χ0v) is 7.38. The second-order valence-electron chi connectivity index (χ2n) is 2.48. The maximum atomic E-state index is 11.1. The van der Waals surface area contributed by atoms with Crippen molar-refractivity contribution in [1.82, 2.24) is 9.99 Å². The van der Waals surface area contributed by atoms with E-state index in [-0.39, 0.29) is 5.56 Å². The molecular formula is C8H10N4O2. The van der Waals surface area contributed by atoms with Crippen LogP contribution in [0.3, 0.4) is 0 Å². The lowest BCUT2D eigenvalue weighted by Gasteiger charge is -1.98. The normalized spacial score (nSPS) is 10.3. The fraction of sp³-hybridized carbons (Fsp3) is 0.125. The van der Waals surface area contributed by atoms with E-state index in [1.54, 1.807) is 18.3 Å². The second-order valence-corrected chi connectivity index (χ2v) is 2.48. The van der Waals surface area contributed by atoms with E-state index < -0.39 is 6.03 Å². The summed E-state index contributed by atoms with van der Waals surface area (Å²) in [5.41, 5.74) is 6.67. The summed E-state index contributed by atoms with van der Waals surface area (Å²) in [6, 6.07) is 4.09. The first-order chi connectivity index (χ1) is 6.70. The van der Waals surface area contributed by atoms with E-state index in [0.29, 0.717) is 6.54 Å². The minimum atomic E-state index is -0.735. The fourth-order valence-electron chi connectivity index (χ4n) is 0.850. The van der Waals surface area contributed by atoms with E-state index in [9.17, 15) is 9.59 Å². The van der Waals surface area contributed by atoms with Crippen LogP contribution in [0, 0.1) is 0 Å². The summed E-state index contributed by atoms with van der Waals surface area (Å²) in [5.74, 6) is 0. The van der Waals surface area contributed by atoms with Gasteiger partial charge >= 0.3 is 6.03 Å². The lowest BCUT2D eigenvalue weighted by molar-refractivity contribution is 0.249. The van der Waals surface area contributed by atoms with Gasteiger partial charge in [0.2, 0.25) is 0 Å². The van der Waals surface area contributed by atoms with Gasteiger partial charge in [-0.3, -0.25) is 4.79 Å². The van der Waals surface area contributed by atoms with Gasteiger partial charge in [0.15, 0.2) is 0 Å². The summed E-state index contributed by atoms with van der Waals surface area (Å²) in [5, 5.41) is 3.50. The number of hydrogen-bond acceptors (Lipinski definition) is 3. The molecule has 0 unspecified atom stereocenters. The minimum absolute atomic E-state index is 0.127. The molecule has 0 aliphatic heterocycles. The zero-order chi connectivity index (χ0) is 10.4. The number of hydrazone groups is 1. The van der Waals surface area contributed by atoms with Gasteiger partial charge < -0.3 is 10.3 Å². The van der Waals surface area contributed by atoms with Crippen molar-refractivity contribution >= 4 is 12.2 Å². The van der Waals surface area contributed by atoms with Gasteiger partial charge in [-0.05, 0) is 6.07 Å². The van der Waals surface area contributed by atoms with Crippen molar-refractivity contribution in [2.45, 2.75) is 6.54 Å². The molecule has 0 fully saturated rings. The zero-order valence-electron chi connectivity index (χ0n) is 7.38. The first-order valence-electron chi connectivity index (χ1n) is 3.92. The molecule has 6 nitrogen and oxygen atoms in total. The topological polar surface area (TPSA) is 89.5 Å². The van der Waals surface area contributed by atoms with Crippen LogP contribution in [0.25, 0.3) is 0 Å². The van der Waals surface area contributed by atoms with Crippen LogP contribution in [0.2, 0.25) is 0 Å². The predicted octanol–water partition coefficient (Wildman–Crippen LogP) is -0.498. The number of nitrogens with two attached hydrogens (primary N) is 1. The fourth-order valence-corrected chi connectivity index (χ4v) is 0.850. The molecule has 1 aromatic rings. The van der Waals surface area contributed by atoms with Gasteiger partial charge in [0.05, 0.1) is 6.54 Å². The molecule has 0 aliphatic rings. The van der Waals surface area contributed by atoms with Gasteiger partial charge in [-0.2, -0.15) is 5.10 Å². The largest absolute Gasteiger partial charge is 0.350 e. The van der Waals surface area contributed by atoms with Gasteiger partial charge in [0.25, 0.3) is 5.56 Å². The molecule has 1 aromatic heterocycles. The second kappa shape index (κ2) is 4.80. The first kappa shape index (κ1) is 9.97. The highest BCUT2D eigenvalue weighted by atomic mass is 16.2. The Hall–Kier alpha value is -2.11. The number of hydrogen-bond donors (Lipinski definition) is 2. The lowest BCUT2D eigenvalue weighted by Crippen LogP contribution is -2.25. The van der Waals surface area contributed by atoms with Crippen molar-refractivity contribution in [3.8, 4) is 0 Å². The van der Waals surface area contributed by atoms with E-state index in [2.05, 4.69) is 5.10 Å². The Bertz CT molecular complexity index is 396. The average molecular weight is 194 g/mol. The van der Waals surface area contributed by atoms with Crippen LogP contribution in [0.15, 0.2) is 34.3 Å². The number of nitrogens with one attached hydrogen (secondary N) is 1. The van der Waals surface area contributed by atoms with Gasteiger partial charge in [-0.25, -0.2) is 10.2 Å². The van der Waals surface area contributed by atoms with Crippen LogP contribution >= 0.6 is 0 Å². The Labute approximate surface area is 80.0 Å². The van der Waals surface area contributed by atoms with E-state index in [0.717, 1.165) is 0 Å². The Morgan fingerprint density at radius 2 is 2.43 bits per heavy atom. The quantitative estimate of drug-likeness (QED) is 0.502. The molecule has 0 radical (unpaired) electrons. The van der Waals surface area contributed by atoms with Crippen LogP contribution in [-0.4, -0.2) is 16.8 Å². The number of urea groups is 1. The predicted molar refractivity (Wildman–Crippen MR) is 51.9 cm³/mol. The van der Waals surface area contributed by atoms with E-state index >= 15 is 0 Å². The van der Waals surface area contributed by atoms with Gasteiger partial charge in [-0.15, -0.1) is 0 Å². The maximum Gasteiger partial charge on any atom is 0.332 e. The number of aromatic nitrogens is 1. The molecule has 0 saturated carbocycles. The van der Waals surface area contributed by atoms with Crippen molar-refractivity contribution in [3.63, 3.8) is 0 Å². The number of carbonyl (C=O) groups excluding carboxylic acids is 1. The van der Waals surface area contributed by atoms with Crippen molar-refractivity contribution in [2.75, 3.05) is 0 Å². The van der Waals surface area contributed by atoms with Crippen molar-refractivity contribution in [3.05, 3.63) is 34.7 Å². The summed E-state index contributed by atoms with van der Waals surface area (Å²) in [6.45, 7) is 0.292. The van der Waals surface area contributed by atoms with Gasteiger partial charge in [-0.1, -0.05) is 6.07 Å². The summed E-state index contributed by atoms with van der Waals surface area (Å²) in [6.07, 6.45) is 3.00. The van der Waals surface area contributed by atoms with Crippen molar-refractivity contribution in [2.24, 2.45) is 10.8 Å². The third-order valence-corrected chi connectivity index (χ3v) is 1.44. The molecule has 6 heteroatoms. The average Bonchev–Trinajstić information content (AvgIpc) is 2.15. The number of nitrogens with zero attached hydrogens (tertiary/aromatic N) is 2. The van der Waals surface area contributed by atoms with Crippen LogP contribution in [0.1, 0.15) is 0 Å². The van der Waals surface area contributed by atoms with Crippen LogP contribution < -0.4 is 16.7 Å². The van der Waals surface area contributed by atoms with E-state index in [1.807, 2.05) is 5.43 Å². The molecule has 0 saturated heterocycles. The highest BCUT2D eigenvalue weighted by Gasteiger charge is 1.89. The molecule has 1 heterocycles. The summed E-state index contributed by atoms with van der Waals surface area (Å²) in [7, 11) is 0. The molecule has 74 valence electrons.